The van der Waals surface area contributed by atoms with Crippen LogP contribution >= 0.6 is 0 Å². The topological polar surface area (TPSA) is 66.7 Å². The third-order valence-electron chi connectivity index (χ3n) is 1.35. The molecule has 0 unspecified atom stereocenters. The molecule has 0 aliphatic heterocycles. The van der Waals surface area contributed by atoms with Crippen molar-refractivity contribution in [3.63, 3.8) is 0 Å². The molecule has 1 rings (SSSR count). The molecule has 1 aromatic rings. The Hall–Kier alpha value is -1.03. The quantitative estimate of drug-likeness (QED) is 0.421. The van der Waals surface area contributed by atoms with Gasteiger partial charge in [0.1, 0.15) is 0 Å². The van der Waals surface area contributed by atoms with Crippen LogP contribution in [0.3, 0.4) is 0 Å². The molecule has 0 amide bonds. The predicted molar refractivity (Wildman–Crippen MR) is 40.5 cm³/mol. The molecule has 0 aliphatic carbocycles. The first-order chi connectivity index (χ1) is 4.74. The molecule has 0 saturated carbocycles. The van der Waals surface area contributed by atoms with E-state index in [1.807, 2.05) is 0 Å². The lowest BCUT2D eigenvalue weighted by Crippen LogP contribution is -2.08. The van der Waals surface area contributed by atoms with Crippen LogP contribution in [0.15, 0.2) is 6.20 Å². The van der Waals surface area contributed by atoms with Crippen LogP contribution in [-0.4, -0.2) is 9.97 Å². The molecule has 0 fully saturated rings. The summed E-state index contributed by atoms with van der Waals surface area (Å²) in [5, 5.41) is 0. The number of H-pyrrole nitrogens is 1. The summed E-state index contributed by atoms with van der Waals surface area (Å²) in [6.45, 7) is 4.18. The molecule has 4 N–H and O–H groups in total. The van der Waals surface area contributed by atoms with E-state index >= 15 is 0 Å². The zero-order chi connectivity index (χ0) is 7.56. The molecule has 0 spiro atoms. The number of imidazole rings is 1. The highest BCUT2D eigenvalue weighted by molar-refractivity contribution is 5.24. The number of nitrogens with zero attached hydrogens (tertiary/aromatic N) is 1. The Balaban J connectivity index is 2.78. The van der Waals surface area contributed by atoms with Crippen molar-refractivity contribution >= 4 is 5.95 Å². The molecule has 4 heteroatoms. The number of hydrogen-bond donors (Lipinski definition) is 3. The normalized spacial score (nSPS) is 10.4. The number of rotatable bonds is 2. The molecule has 0 saturated heterocycles. The Morgan fingerprint density at radius 1 is 1.70 bits per heavy atom. The maximum absolute atomic E-state index is 5.12. The highest BCUT2D eigenvalue weighted by Gasteiger charge is 2.01. The molecule has 1 heterocycles. The highest BCUT2D eigenvalue weighted by atomic mass is 15.3. The second-order valence-corrected chi connectivity index (χ2v) is 2.49. The predicted octanol–water partition coefficient (Wildman–Crippen LogP) is 0.819. The molecule has 4 nitrogen and oxygen atoms in total. The van der Waals surface area contributed by atoms with E-state index in [0.717, 1.165) is 5.69 Å². The lowest BCUT2D eigenvalue weighted by molar-refractivity contribution is 0.832. The molecule has 0 radical (unpaired) electrons. The van der Waals surface area contributed by atoms with Crippen molar-refractivity contribution in [2.24, 2.45) is 5.84 Å². The fourth-order valence-corrected chi connectivity index (χ4v) is 0.702. The van der Waals surface area contributed by atoms with E-state index in [2.05, 4.69) is 29.2 Å². The summed E-state index contributed by atoms with van der Waals surface area (Å²) >= 11 is 0. The summed E-state index contributed by atoms with van der Waals surface area (Å²) in [5.74, 6) is 6.20. The Kier molecular flexibility index (Phi) is 1.91. The minimum Gasteiger partial charge on any atom is -0.327 e. The van der Waals surface area contributed by atoms with Gasteiger partial charge in [0.25, 0.3) is 0 Å². The van der Waals surface area contributed by atoms with Gasteiger partial charge in [-0.25, -0.2) is 10.8 Å². The molecule has 1 aromatic heterocycles. The molecule has 10 heavy (non-hydrogen) atoms. The van der Waals surface area contributed by atoms with Gasteiger partial charge in [-0.15, -0.1) is 0 Å². The summed E-state index contributed by atoms with van der Waals surface area (Å²) in [6.07, 6.45) is 1.78. The van der Waals surface area contributed by atoms with Crippen LogP contribution < -0.4 is 11.3 Å². The van der Waals surface area contributed by atoms with Crippen molar-refractivity contribution in [3.8, 4) is 0 Å². The van der Waals surface area contributed by atoms with Crippen LogP contribution in [-0.2, 0) is 0 Å². The second kappa shape index (κ2) is 2.70. The third kappa shape index (κ3) is 1.27. The molecular formula is C6H12N4. The average Bonchev–Trinajstić information content (AvgIpc) is 2.34. The number of nitrogens with two attached hydrogens (primary N) is 1. The second-order valence-electron chi connectivity index (χ2n) is 2.49. The Morgan fingerprint density at radius 2 is 2.40 bits per heavy atom. The molecular weight excluding hydrogens is 128 g/mol. The molecule has 0 aromatic carbocycles. The first-order valence-corrected chi connectivity index (χ1v) is 3.25. The molecule has 56 valence electrons. The van der Waals surface area contributed by atoms with Crippen LogP contribution in [0.4, 0.5) is 5.95 Å². The standard InChI is InChI=1S/C6H12N4/c1-4(2)5-3-8-6(9-5)10-7/h3-4H,7H2,1-2H3,(H2,8,9,10). The van der Waals surface area contributed by atoms with Gasteiger partial charge < -0.3 is 4.98 Å². The largest absolute Gasteiger partial charge is 0.327 e. The van der Waals surface area contributed by atoms with E-state index in [9.17, 15) is 0 Å². The van der Waals surface area contributed by atoms with Gasteiger partial charge >= 0.3 is 0 Å². The van der Waals surface area contributed by atoms with Crippen molar-refractivity contribution in [2.45, 2.75) is 19.8 Å². The third-order valence-corrected chi connectivity index (χ3v) is 1.35. The van der Waals surface area contributed by atoms with Gasteiger partial charge in [-0.3, -0.25) is 5.43 Å². The number of hydrazine groups is 1. The van der Waals surface area contributed by atoms with E-state index in [4.69, 9.17) is 5.84 Å². The highest BCUT2D eigenvalue weighted by Crippen LogP contribution is 2.11. The Bertz CT molecular complexity index is 203. The fourth-order valence-electron chi connectivity index (χ4n) is 0.702. The van der Waals surface area contributed by atoms with E-state index in [-0.39, 0.29) is 0 Å². The van der Waals surface area contributed by atoms with Crippen LogP contribution in [0.1, 0.15) is 25.5 Å². The van der Waals surface area contributed by atoms with Gasteiger partial charge in [0, 0.05) is 5.69 Å². The minimum absolute atomic E-state index is 0.467. The maximum Gasteiger partial charge on any atom is 0.214 e. The van der Waals surface area contributed by atoms with Crippen molar-refractivity contribution in [1.29, 1.82) is 0 Å². The van der Waals surface area contributed by atoms with E-state index < -0.39 is 0 Å². The SMILES string of the molecule is CC(C)c1cnc(NN)[nH]1. The fraction of sp³-hybridized carbons (Fsp3) is 0.500. The van der Waals surface area contributed by atoms with Gasteiger partial charge in [-0.1, -0.05) is 13.8 Å². The summed E-state index contributed by atoms with van der Waals surface area (Å²) < 4.78 is 0. The zero-order valence-electron chi connectivity index (χ0n) is 6.18. The van der Waals surface area contributed by atoms with Gasteiger partial charge in [-0.05, 0) is 5.92 Å². The minimum atomic E-state index is 0.467. The van der Waals surface area contributed by atoms with Crippen molar-refractivity contribution < 1.29 is 0 Å². The summed E-state index contributed by atoms with van der Waals surface area (Å²) in [4.78, 5) is 6.98. The van der Waals surface area contributed by atoms with Gasteiger partial charge in [0.2, 0.25) is 5.95 Å². The Labute approximate surface area is 59.8 Å². The molecule has 0 bridgehead atoms. The maximum atomic E-state index is 5.12. The van der Waals surface area contributed by atoms with Crippen molar-refractivity contribution in [2.75, 3.05) is 5.43 Å². The van der Waals surface area contributed by atoms with E-state index in [1.54, 1.807) is 6.20 Å². The van der Waals surface area contributed by atoms with E-state index in [1.165, 1.54) is 0 Å². The number of hydrogen-bond acceptors (Lipinski definition) is 3. The lowest BCUT2D eigenvalue weighted by Gasteiger charge is -1.97. The van der Waals surface area contributed by atoms with Gasteiger partial charge in [0.05, 0.1) is 6.20 Å². The van der Waals surface area contributed by atoms with Crippen LogP contribution in [0.5, 0.6) is 0 Å². The van der Waals surface area contributed by atoms with Crippen LogP contribution in [0, 0.1) is 0 Å². The monoisotopic (exact) mass is 140 g/mol. The van der Waals surface area contributed by atoms with Crippen molar-refractivity contribution in [1.82, 2.24) is 9.97 Å². The first-order valence-electron chi connectivity index (χ1n) is 3.25. The zero-order valence-corrected chi connectivity index (χ0v) is 6.18. The lowest BCUT2D eigenvalue weighted by atomic mass is 10.2. The average molecular weight is 140 g/mol. The molecule has 0 atom stereocenters. The van der Waals surface area contributed by atoms with Crippen LogP contribution in [0.2, 0.25) is 0 Å². The number of anilines is 1. The van der Waals surface area contributed by atoms with Gasteiger partial charge in [0.15, 0.2) is 0 Å². The number of aromatic nitrogens is 2. The van der Waals surface area contributed by atoms with Gasteiger partial charge in [-0.2, -0.15) is 0 Å². The Morgan fingerprint density at radius 3 is 2.70 bits per heavy atom. The summed E-state index contributed by atoms with van der Waals surface area (Å²) in [7, 11) is 0. The van der Waals surface area contributed by atoms with Crippen molar-refractivity contribution in [3.05, 3.63) is 11.9 Å². The summed E-state index contributed by atoms with van der Waals surface area (Å²) in [6, 6.07) is 0. The summed E-state index contributed by atoms with van der Waals surface area (Å²) in [5.41, 5.74) is 3.53. The molecule has 0 aliphatic rings. The number of aromatic amines is 1. The van der Waals surface area contributed by atoms with Crippen LogP contribution in [0.25, 0.3) is 0 Å². The van der Waals surface area contributed by atoms with E-state index in [0.29, 0.717) is 11.9 Å². The number of nitrogen functional groups attached to an aromatic ring is 1. The number of nitrogens with one attached hydrogen (secondary N) is 2. The first kappa shape index (κ1) is 7.08. The smallest absolute Gasteiger partial charge is 0.214 e.